The number of hydrogen-bond donors (Lipinski definition) is 0. The maximum atomic E-state index is 12.4. The third kappa shape index (κ3) is 1.61. The summed E-state index contributed by atoms with van der Waals surface area (Å²) in [7, 11) is 0. The van der Waals surface area contributed by atoms with E-state index in [1.54, 1.807) is 12.2 Å². The minimum absolute atomic E-state index is 0.0686. The molecule has 0 radical (unpaired) electrons. The second-order valence-electron chi connectivity index (χ2n) is 8.18. The van der Waals surface area contributed by atoms with Crippen LogP contribution in [0.2, 0.25) is 0 Å². The largest absolute Gasteiger partial charge is 0.299 e. The van der Waals surface area contributed by atoms with Gasteiger partial charge < -0.3 is 0 Å². The maximum Gasteiger partial charge on any atom is 0.178 e. The van der Waals surface area contributed by atoms with E-state index in [9.17, 15) is 9.59 Å². The third-order valence-electron chi connectivity index (χ3n) is 7.24. The van der Waals surface area contributed by atoms with Gasteiger partial charge in [-0.15, -0.1) is 0 Å². The number of fused-ring (bicyclic) bond motifs is 5. The molecule has 0 aliphatic heterocycles. The van der Waals surface area contributed by atoms with Gasteiger partial charge in [-0.05, 0) is 61.2 Å². The average molecular weight is 296 g/mol. The van der Waals surface area contributed by atoms with Crippen LogP contribution in [0, 0.1) is 28.6 Å². The molecule has 22 heavy (non-hydrogen) atoms. The number of ketones is 2. The Bertz CT molecular complexity index is 653. The first-order chi connectivity index (χ1) is 10.4. The minimum atomic E-state index is -0.104. The first-order valence-electron chi connectivity index (χ1n) is 8.53. The fraction of sp³-hybridized carbons (Fsp3) is 0.600. The molecule has 0 aromatic carbocycles. The molecule has 0 saturated heterocycles. The molecule has 3 saturated carbocycles. The van der Waals surface area contributed by atoms with Crippen molar-refractivity contribution in [2.24, 2.45) is 28.6 Å². The lowest BCUT2D eigenvalue weighted by Crippen LogP contribution is -2.50. The van der Waals surface area contributed by atoms with Gasteiger partial charge in [0.25, 0.3) is 0 Å². The molecule has 4 aliphatic carbocycles. The zero-order chi connectivity index (χ0) is 15.7. The average Bonchev–Trinajstić information content (AvgIpc) is 2.77. The highest BCUT2D eigenvalue weighted by Crippen LogP contribution is 2.64. The van der Waals surface area contributed by atoms with E-state index < -0.39 is 0 Å². The van der Waals surface area contributed by atoms with E-state index in [0.717, 1.165) is 43.3 Å². The van der Waals surface area contributed by atoms with Gasteiger partial charge in [-0.1, -0.05) is 32.1 Å². The van der Waals surface area contributed by atoms with Gasteiger partial charge in [0.15, 0.2) is 5.78 Å². The Balaban J connectivity index is 1.78. The van der Waals surface area contributed by atoms with Gasteiger partial charge in [-0.3, -0.25) is 9.59 Å². The quantitative estimate of drug-likeness (QED) is 0.676. The van der Waals surface area contributed by atoms with Crippen molar-refractivity contribution in [3.05, 3.63) is 36.0 Å². The summed E-state index contributed by atoms with van der Waals surface area (Å²) in [6.45, 7) is 8.75. The summed E-state index contributed by atoms with van der Waals surface area (Å²) in [4.78, 5) is 24.2. The highest BCUT2D eigenvalue weighted by Gasteiger charge is 2.59. The van der Waals surface area contributed by atoms with E-state index in [2.05, 4.69) is 26.5 Å². The summed E-state index contributed by atoms with van der Waals surface area (Å²) in [6.07, 6.45) is 10.5. The van der Waals surface area contributed by atoms with Gasteiger partial charge >= 0.3 is 0 Å². The van der Waals surface area contributed by atoms with Crippen LogP contribution in [0.25, 0.3) is 0 Å². The van der Waals surface area contributed by atoms with Gasteiger partial charge in [-0.25, -0.2) is 0 Å². The predicted molar refractivity (Wildman–Crippen MR) is 86.1 cm³/mol. The molecule has 0 amide bonds. The topological polar surface area (TPSA) is 34.1 Å². The summed E-state index contributed by atoms with van der Waals surface area (Å²) in [5.74, 6) is 2.14. The Labute approximate surface area is 132 Å². The molecular weight excluding hydrogens is 272 g/mol. The van der Waals surface area contributed by atoms with E-state index >= 15 is 0 Å². The standard InChI is InChI=1S/C20H24O2/c1-12-10-14-15-4-5-18(22)20(15,3)9-7-16(14)19(2)8-6-13(21)11-17(12)19/h6,8,11,14-16H,1,4-5,7,9-10H2,2-3H3/t14-,15-,16-,19+,20-/m1/s1. The van der Waals surface area contributed by atoms with Crippen molar-refractivity contribution in [2.45, 2.75) is 46.0 Å². The van der Waals surface area contributed by atoms with Crippen LogP contribution < -0.4 is 0 Å². The molecule has 0 bridgehead atoms. The number of carbonyl (C=O) groups excluding carboxylic acids is 2. The molecule has 0 N–H and O–H groups in total. The van der Waals surface area contributed by atoms with Crippen molar-refractivity contribution >= 4 is 11.6 Å². The number of hydrogen-bond acceptors (Lipinski definition) is 2. The van der Waals surface area contributed by atoms with Gasteiger partial charge in [0.05, 0.1) is 0 Å². The van der Waals surface area contributed by atoms with Crippen molar-refractivity contribution in [3.63, 3.8) is 0 Å². The third-order valence-corrected chi connectivity index (χ3v) is 7.24. The monoisotopic (exact) mass is 296 g/mol. The van der Waals surface area contributed by atoms with E-state index in [4.69, 9.17) is 0 Å². The molecule has 2 heteroatoms. The van der Waals surface area contributed by atoms with Crippen molar-refractivity contribution < 1.29 is 9.59 Å². The second kappa shape index (κ2) is 4.31. The zero-order valence-electron chi connectivity index (χ0n) is 13.5. The van der Waals surface area contributed by atoms with Crippen LogP contribution >= 0.6 is 0 Å². The van der Waals surface area contributed by atoms with Crippen LogP contribution in [-0.2, 0) is 9.59 Å². The number of carbonyl (C=O) groups is 2. The molecule has 116 valence electrons. The van der Waals surface area contributed by atoms with Crippen molar-refractivity contribution in [2.75, 3.05) is 0 Å². The fourth-order valence-corrected chi connectivity index (χ4v) is 5.98. The minimum Gasteiger partial charge on any atom is -0.299 e. The maximum absolute atomic E-state index is 12.4. The molecule has 3 fully saturated rings. The van der Waals surface area contributed by atoms with Gasteiger partial charge in [0.1, 0.15) is 5.78 Å². The first-order valence-corrected chi connectivity index (χ1v) is 8.53. The van der Waals surface area contributed by atoms with Crippen LogP contribution in [-0.4, -0.2) is 11.6 Å². The summed E-state index contributed by atoms with van der Waals surface area (Å²) in [5.41, 5.74) is 2.09. The predicted octanol–water partition coefficient (Wildman–Crippen LogP) is 4.03. The van der Waals surface area contributed by atoms with Crippen molar-refractivity contribution in [3.8, 4) is 0 Å². The highest BCUT2D eigenvalue weighted by molar-refractivity contribution is 6.02. The normalized spacial score (nSPS) is 46.9. The molecule has 2 nitrogen and oxygen atoms in total. The lowest BCUT2D eigenvalue weighted by atomic mass is 9.48. The van der Waals surface area contributed by atoms with E-state index in [-0.39, 0.29) is 16.6 Å². The van der Waals surface area contributed by atoms with Crippen molar-refractivity contribution in [1.29, 1.82) is 0 Å². The van der Waals surface area contributed by atoms with Gasteiger partial charge in [0.2, 0.25) is 0 Å². The number of allylic oxidation sites excluding steroid dienone is 5. The summed E-state index contributed by atoms with van der Waals surface area (Å²) >= 11 is 0. The molecule has 4 rings (SSSR count). The lowest BCUT2D eigenvalue weighted by Gasteiger charge is -2.56. The van der Waals surface area contributed by atoms with Crippen LogP contribution in [0.3, 0.4) is 0 Å². The molecule has 4 aliphatic rings. The van der Waals surface area contributed by atoms with Crippen LogP contribution in [0.4, 0.5) is 0 Å². The second-order valence-corrected chi connectivity index (χ2v) is 8.18. The first kappa shape index (κ1) is 14.2. The van der Waals surface area contributed by atoms with E-state index in [1.807, 2.05) is 0 Å². The summed E-state index contributed by atoms with van der Waals surface area (Å²) in [6, 6.07) is 0. The Hall–Kier alpha value is -1.44. The smallest absolute Gasteiger partial charge is 0.178 e. The lowest BCUT2D eigenvalue weighted by molar-refractivity contribution is -0.131. The van der Waals surface area contributed by atoms with E-state index in [0.29, 0.717) is 23.5 Å². The summed E-state index contributed by atoms with van der Waals surface area (Å²) < 4.78 is 0. The molecule has 0 aromatic rings. The molecule has 5 atom stereocenters. The summed E-state index contributed by atoms with van der Waals surface area (Å²) in [5, 5.41) is 0. The number of rotatable bonds is 0. The van der Waals surface area contributed by atoms with Gasteiger partial charge in [-0.2, -0.15) is 0 Å². The molecular formula is C20H24O2. The van der Waals surface area contributed by atoms with Crippen LogP contribution in [0.5, 0.6) is 0 Å². The van der Waals surface area contributed by atoms with Crippen molar-refractivity contribution in [1.82, 2.24) is 0 Å². The van der Waals surface area contributed by atoms with Gasteiger partial charge in [0, 0.05) is 17.3 Å². The SMILES string of the molecule is C=C1C[C@@H]2[C@H]3CCC(=O)[C@]3(C)CC[C@H]2[C@]2(C)C=CC(=O)C=C12. The number of Topliss-reactive ketones (excluding diaryl/α,β-unsaturated/α-hetero) is 1. The molecule has 0 spiro atoms. The van der Waals surface area contributed by atoms with Crippen LogP contribution in [0.1, 0.15) is 46.0 Å². The Morgan fingerprint density at radius 3 is 2.73 bits per heavy atom. The Morgan fingerprint density at radius 1 is 1.18 bits per heavy atom. The highest BCUT2D eigenvalue weighted by atomic mass is 16.1. The molecule has 0 heterocycles. The van der Waals surface area contributed by atoms with Crippen LogP contribution in [0.15, 0.2) is 36.0 Å². The molecule has 0 aromatic heterocycles. The zero-order valence-corrected chi connectivity index (χ0v) is 13.5. The van der Waals surface area contributed by atoms with E-state index in [1.165, 1.54) is 0 Å². The fourth-order valence-electron chi connectivity index (χ4n) is 5.98. The Kier molecular flexibility index (Phi) is 2.77. The Morgan fingerprint density at radius 2 is 1.95 bits per heavy atom. The molecule has 0 unspecified atom stereocenters.